The van der Waals surface area contributed by atoms with Crippen LogP contribution in [-0.2, 0) is 0 Å². The monoisotopic (exact) mass is 405 g/mol. The number of halogens is 2. The van der Waals surface area contributed by atoms with Crippen LogP contribution in [0.5, 0.6) is 0 Å². The standard InChI is InChI=1S/C25H25F2N3/c1-16(2)25(22-14-20(26)9-10-23(22)27)19-13-24(30(28)15-19)29-12-11-18(4)21-8-6-5-7-17(21)3/h5-15,25H,1,28H2,2-4H3/b18-11+,29-12?. The summed E-state index contributed by atoms with van der Waals surface area (Å²) in [6.45, 7) is 9.81. The van der Waals surface area contributed by atoms with Gasteiger partial charge < -0.3 is 5.84 Å². The molecule has 0 spiro atoms. The van der Waals surface area contributed by atoms with Crippen molar-refractivity contribution in [1.29, 1.82) is 0 Å². The summed E-state index contributed by atoms with van der Waals surface area (Å²) >= 11 is 0. The minimum absolute atomic E-state index is 0.221. The van der Waals surface area contributed by atoms with Crippen LogP contribution in [0.2, 0.25) is 0 Å². The van der Waals surface area contributed by atoms with Crippen molar-refractivity contribution in [2.24, 2.45) is 4.99 Å². The van der Waals surface area contributed by atoms with Gasteiger partial charge in [-0.3, -0.25) is 4.68 Å². The van der Waals surface area contributed by atoms with Crippen molar-refractivity contribution in [3.63, 3.8) is 0 Å². The summed E-state index contributed by atoms with van der Waals surface area (Å²) in [6, 6.07) is 13.3. The number of hydrogen-bond donors (Lipinski definition) is 1. The van der Waals surface area contributed by atoms with Gasteiger partial charge in [-0.25, -0.2) is 13.8 Å². The van der Waals surface area contributed by atoms with Crippen LogP contribution >= 0.6 is 0 Å². The van der Waals surface area contributed by atoms with Gasteiger partial charge in [0, 0.05) is 23.9 Å². The predicted molar refractivity (Wildman–Crippen MR) is 121 cm³/mol. The first kappa shape index (κ1) is 21.2. The second-order valence-corrected chi connectivity index (χ2v) is 7.43. The van der Waals surface area contributed by atoms with Crippen LogP contribution in [0.25, 0.3) is 5.57 Å². The number of nitrogens with two attached hydrogens (primary N) is 1. The Balaban J connectivity index is 1.91. The van der Waals surface area contributed by atoms with Gasteiger partial charge in [-0.05, 0) is 73.4 Å². The van der Waals surface area contributed by atoms with Gasteiger partial charge in [-0.2, -0.15) is 0 Å². The van der Waals surface area contributed by atoms with Crippen LogP contribution < -0.4 is 5.84 Å². The Morgan fingerprint density at radius 2 is 1.87 bits per heavy atom. The minimum Gasteiger partial charge on any atom is -0.338 e. The SMILES string of the molecule is C=C(C)C(c1cc(N=C/C=C(\C)c2ccccc2C)n(N)c1)c1cc(F)ccc1F. The topological polar surface area (TPSA) is 43.3 Å². The number of benzene rings is 2. The number of aryl methyl sites for hydroxylation is 1. The number of rotatable bonds is 6. The fourth-order valence-corrected chi connectivity index (χ4v) is 3.55. The van der Waals surface area contributed by atoms with E-state index in [0.717, 1.165) is 23.3 Å². The fourth-order valence-electron chi connectivity index (χ4n) is 3.55. The lowest BCUT2D eigenvalue weighted by atomic mass is 9.87. The average molecular weight is 405 g/mol. The van der Waals surface area contributed by atoms with Crippen molar-refractivity contribution >= 4 is 17.6 Å². The molecule has 154 valence electrons. The highest BCUT2D eigenvalue weighted by atomic mass is 19.1. The molecule has 0 amide bonds. The van der Waals surface area contributed by atoms with E-state index in [1.807, 2.05) is 25.1 Å². The van der Waals surface area contributed by atoms with E-state index in [-0.39, 0.29) is 5.56 Å². The summed E-state index contributed by atoms with van der Waals surface area (Å²) in [5.74, 6) is 5.05. The Morgan fingerprint density at radius 3 is 2.57 bits per heavy atom. The molecular weight excluding hydrogens is 380 g/mol. The molecule has 2 N–H and O–H groups in total. The van der Waals surface area contributed by atoms with Gasteiger partial charge in [0.2, 0.25) is 0 Å². The van der Waals surface area contributed by atoms with E-state index >= 15 is 0 Å². The normalized spacial score (nSPS) is 13.0. The molecule has 1 heterocycles. The third-order valence-electron chi connectivity index (χ3n) is 5.04. The molecule has 0 aliphatic rings. The minimum atomic E-state index is -0.524. The zero-order valence-electron chi connectivity index (χ0n) is 17.4. The molecule has 1 unspecified atom stereocenters. The number of allylic oxidation sites excluding steroid dienone is 3. The molecule has 0 fully saturated rings. The van der Waals surface area contributed by atoms with Gasteiger partial charge in [0.05, 0.1) is 0 Å². The van der Waals surface area contributed by atoms with E-state index in [9.17, 15) is 8.78 Å². The molecular formula is C25H25F2N3. The van der Waals surface area contributed by atoms with Crippen LogP contribution in [0.3, 0.4) is 0 Å². The highest BCUT2D eigenvalue weighted by Gasteiger charge is 2.21. The van der Waals surface area contributed by atoms with Gasteiger partial charge in [0.15, 0.2) is 5.82 Å². The van der Waals surface area contributed by atoms with Crippen molar-refractivity contribution < 1.29 is 8.78 Å². The molecule has 1 aromatic heterocycles. The molecule has 0 saturated carbocycles. The number of nitrogen functional groups attached to an aromatic ring is 1. The molecule has 5 heteroatoms. The van der Waals surface area contributed by atoms with Crippen molar-refractivity contribution in [1.82, 2.24) is 4.68 Å². The lowest BCUT2D eigenvalue weighted by molar-refractivity contribution is 0.582. The first-order valence-corrected chi connectivity index (χ1v) is 9.62. The maximum absolute atomic E-state index is 14.4. The molecule has 3 rings (SSSR count). The Morgan fingerprint density at radius 1 is 1.13 bits per heavy atom. The van der Waals surface area contributed by atoms with Gasteiger partial charge in [-0.15, -0.1) is 0 Å². The molecule has 0 bridgehead atoms. The van der Waals surface area contributed by atoms with E-state index in [2.05, 4.69) is 30.6 Å². The van der Waals surface area contributed by atoms with Crippen molar-refractivity contribution in [2.45, 2.75) is 26.7 Å². The molecule has 2 aromatic carbocycles. The number of aromatic nitrogens is 1. The second-order valence-electron chi connectivity index (χ2n) is 7.43. The maximum atomic E-state index is 14.4. The molecule has 0 saturated heterocycles. The number of hydrogen-bond acceptors (Lipinski definition) is 2. The van der Waals surface area contributed by atoms with Gasteiger partial charge >= 0.3 is 0 Å². The zero-order chi connectivity index (χ0) is 21.8. The highest BCUT2D eigenvalue weighted by molar-refractivity contribution is 5.85. The van der Waals surface area contributed by atoms with Gasteiger partial charge in [-0.1, -0.05) is 36.4 Å². The van der Waals surface area contributed by atoms with Crippen LogP contribution in [0.15, 0.2) is 77.9 Å². The number of nitrogens with zero attached hydrogens (tertiary/aromatic N) is 2. The lowest BCUT2D eigenvalue weighted by Crippen LogP contribution is -2.07. The van der Waals surface area contributed by atoms with Crippen molar-refractivity contribution in [3.05, 3.63) is 107 Å². The van der Waals surface area contributed by atoms with Crippen molar-refractivity contribution in [2.75, 3.05) is 5.84 Å². The third kappa shape index (κ3) is 4.57. The lowest BCUT2D eigenvalue weighted by Gasteiger charge is -2.17. The number of aliphatic imine (C=N–C) groups is 1. The molecule has 0 radical (unpaired) electrons. The Kier molecular flexibility index (Phi) is 6.31. The van der Waals surface area contributed by atoms with Crippen LogP contribution in [0.1, 0.15) is 42.0 Å². The van der Waals surface area contributed by atoms with E-state index in [4.69, 9.17) is 5.84 Å². The quantitative estimate of drug-likeness (QED) is 0.292. The molecule has 30 heavy (non-hydrogen) atoms. The van der Waals surface area contributed by atoms with Crippen LogP contribution in [-0.4, -0.2) is 10.9 Å². The Hall–Kier alpha value is -3.47. The first-order chi connectivity index (χ1) is 14.3. The summed E-state index contributed by atoms with van der Waals surface area (Å²) in [5, 5.41) is 0. The summed E-state index contributed by atoms with van der Waals surface area (Å²) in [4.78, 5) is 4.44. The molecule has 0 aliphatic heterocycles. The fraction of sp³-hybridized carbons (Fsp3) is 0.160. The summed E-state index contributed by atoms with van der Waals surface area (Å²) < 4.78 is 29.5. The van der Waals surface area contributed by atoms with E-state index in [0.29, 0.717) is 17.0 Å². The average Bonchev–Trinajstić information content (AvgIpc) is 3.04. The Labute approximate surface area is 175 Å². The maximum Gasteiger partial charge on any atom is 0.150 e. The van der Waals surface area contributed by atoms with E-state index < -0.39 is 17.6 Å². The van der Waals surface area contributed by atoms with E-state index in [1.165, 1.54) is 16.3 Å². The Bertz CT molecular complexity index is 1140. The molecule has 0 aliphatic carbocycles. The molecule has 1 atom stereocenters. The summed E-state index contributed by atoms with van der Waals surface area (Å²) in [7, 11) is 0. The largest absolute Gasteiger partial charge is 0.338 e. The predicted octanol–water partition coefficient (Wildman–Crippen LogP) is 6.30. The third-order valence-corrected chi connectivity index (χ3v) is 5.04. The second kappa shape index (κ2) is 8.91. The molecule has 3 aromatic rings. The van der Waals surface area contributed by atoms with E-state index in [1.54, 1.807) is 25.4 Å². The molecule has 3 nitrogen and oxygen atoms in total. The van der Waals surface area contributed by atoms with Crippen molar-refractivity contribution in [3.8, 4) is 0 Å². The van der Waals surface area contributed by atoms with Crippen LogP contribution in [0, 0.1) is 18.6 Å². The summed E-state index contributed by atoms with van der Waals surface area (Å²) in [6.07, 6.45) is 5.26. The zero-order valence-corrected chi connectivity index (χ0v) is 17.4. The highest BCUT2D eigenvalue weighted by Crippen LogP contribution is 2.35. The van der Waals surface area contributed by atoms with Gasteiger partial charge in [0.25, 0.3) is 0 Å². The van der Waals surface area contributed by atoms with Gasteiger partial charge in [0.1, 0.15) is 11.6 Å². The van der Waals surface area contributed by atoms with Crippen LogP contribution in [0.4, 0.5) is 14.6 Å². The summed E-state index contributed by atoms with van der Waals surface area (Å²) in [5.41, 5.74) is 5.01. The first-order valence-electron chi connectivity index (χ1n) is 9.62. The smallest absolute Gasteiger partial charge is 0.150 e.